The Kier molecular flexibility index (Phi) is 6.94. The van der Waals surface area contributed by atoms with Crippen LogP contribution in [0.25, 0.3) is 0 Å². The fourth-order valence-corrected chi connectivity index (χ4v) is 2.29. The van der Waals surface area contributed by atoms with Crippen molar-refractivity contribution in [2.75, 3.05) is 12.4 Å². The van der Waals surface area contributed by atoms with E-state index in [-0.39, 0.29) is 5.57 Å². The molecular weight excluding hydrogens is 398 g/mol. The number of rotatable bonds is 6. The van der Waals surface area contributed by atoms with Crippen LogP contribution in [0.1, 0.15) is 15.9 Å². The molecule has 1 amide bonds. The van der Waals surface area contributed by atoms with Gasteiger partial charge in [0.25, 0.3) is 5.91 Å². The molecule has 0 spiro atoms. The number of amides is 1. The summed E-state index contributed by atoms with van der Waals surface area (Å²) in [6.07, 6.45) is 1.36. The average molecular weight is 414 g/mol. The van der Waals surface area contributed by atoms with Gasteiger partial charge in [-0.05, 0) is 42.0 Å². The van der Waals surface area contributed by atoms with E-state index in [1.165, 1.54) is 13.3 Å². The Labute approximate surface area is 159 Å². The Bertz CT molecular complexity index is 853. The van der Waals surface area contributed by atoms with Gasteiger partial charge in [-0.15, -0.1) is 0 Å². The van der Waals surface area contributed by atoms with Crippen LogP contribution in [0, 0.1) is 11.3 Å². The molecule has 0 aliphatic rings. The molecule has 0 aliphatic heterocycles. The summed E-state index contributed by atoms with van der Waals surface area (Å²) in [5.74, 6) is -0.899. The molecule has 0 unspecified atom stereocenters. The monoisotopic (exact) mass is 413 g/mol. The number of hydrogen-bond donors (Lipinski definition) is 2. The minimum atomic E-state index is -0.497. The lowest BCUT2D eigenvalue weighted by Crippen LogP contribution is -2.16. The molecule has 7 heteroatoms. The second-order valence-corrected chi connectivity index (χ2v) is 6.12. The number of nitriles is 1. The highest BCUT2D eigenvalue weighted by molar-refractivity contribution is 9.10. The maximum atomic E-state index is 12.1. The van der Waals surface area contributed by atoms with Gasteiger partial charge in [-0.2, -0.15) is 5.26 Å². The van der Waals surface area contributed by atoms with E-state index in [0.717, 1.165) is 10.0 Å². The zero-order valence-corrected chi connectivity index (χ0v) is 15.5. The minimum Gasteiger partial charge on any atom is -0.465 e. The molecule has 0 saturated heterocycles. The first-order chi connectivity index (χ1) is 12.5. The van der Waals surface area contributed by atoms with Crippen molar-refractivity contribution in [3.05, 3.63) is 75.9 Å². The molecule has 26 heavy (non-hydrogen) atoms. The molecule has 0 aliphatic carbocycles. The average Bonchev–Trinajstić information content (AvgIpc) is 2.66. The molecule has 0 saturated carbocycles. The van der Waals surface area contributed by atoms with E-state index in [0.29, 0.717) is 17.8 Å². The molecule has 0 atom stereocenters. The second kappa shape index (κ2) is 9.39. The van der Waals surface area contributed by atoms with Crippen LogP contribution in [0.15, 0.2) is 64.8 Å². The van der Waals surface area contributed by atoms with Gasteiger partial charge in [-0.1, -0.05) is 28.1 Å². The molecule has 0 heterocycles. The summed E-state index contributed by atoms with van der Waals surface area (Å²) in [5.41, 5.74) is 1.90. The van der Waals surface area contributed by atoms with Gasteiger partial charge in [0, 0.05) is 22.9 Å². The Morgan fingerprint density at radius 3 is 2.38 bits per heavy atom. The predicted molar refractivity (Wildman–Crippen MR) is 101 cm³/mol. The molecule has 2 aromatic carbocycles. The summed E-state index contributed by atoms with van der Waals surface area (Å²) in [6.45, 7) is 0.401. The maximum Gasteiger partial charge on any atom is 0.337 e. The Morgan fingerprint density at radius 1 is 1.15 bits per heavy atom. The van der Waals surface area contributed by atoms with Crippen LogP contribution in [0.3, 0.4) is 0 Å². The number of anilines is 1. The van der Waals surface area contributed by atoms with Crippen molar-refractivity contribution in [2.24, 2.45) is 0 Å². The van der Waals surface area contributed by atoms with Crippen molar-refractivity contribution in [2.45, 2.75) is 6.54 Å². The summed E-state index contributed by atoms with van der Waals surface area (Å²) < 4.78 is 5.53. The van der Waals surface area contributed by atoms with Crippen LogP contribution < -0.4 is 10.6 Å². The third kappa shape index (κ3) is 5.46. The van der Waals surface area contributed by atoms with Crippen molar-refractivity contribution in [1.82, 2.24) is 5.32 Å². The summed E-state index contributed by atoms with van der Waals surface area (Å²) in [4.78, 5) is 23.5. The quantitative estimate of drug-likeness (QED) is 0.430. The van der Waals surface area contributed by atoms with E-state index in [1.54, 1.807) is 48.5 Å². The lowest BCUT2D eigenvalue weighted by Gasteiger charge is -2.06. The molecular formula is C19H16BrN3O3. The smallest absolute Gasteiger partial charge is 0.337 e. The zero-order chi connectivity index (χ0) is 18.9. The number of benzene rings is 2. The molecule has 0 bridgehead atoms. The number of methoxy groups -OCH3 is 1. The van der Waals surface area contributed by atoms with Crippen molar-refractivity contribution < 1.29 is 14.3 Å². The third-order valence-corrected chi connectivity index (χ3v) is 3.92. The van der Waals surface area contributed by atoms with Gasteiger partial charge in [0.05, 0.1) is 12.7 Å². The van der Waals surface area contributed by atoms with Gasteiger partial charge in [-0.3, -0.25) is 4.79 Å². The van der Waals surface area contributed by atoms with Crippen molar-refractivity contribution >= 4 is 33.5 Å². The lowest BCUT2D eigenvalue weighted by molar-refractivity contribution is -0.112. The van der Waals surface area contributed by atoms with Crippen molar-refractivity contribution in [3.63, 3.8) is 0 Å². The minimum absolute atomic E-state index is 0.0425. The highest BCUT2D eigenvalue weighted by Gasteiger charge is 2.09. The topological polar surface area (TPSA) is 91.2 Å². The number of nitrogens with one attached hydrogen (secondary N) is 2. The van der Waals surface area contributed by atoms with Gasteiger partial charge in [0.1, 0.15) is 11.6 Å². The van der Waals surface area contributed by atoms with E-state index < -0.39 is 11.9 Å². The van der Waals surface area contributed by atoms with Gasteiger partial charge in [0.15, 0.2) is 0 Å². The van der Waals surface area contributed by atoms with Crippen LogP contribution in [-0.4, -0.2) is 19.0 Å². The molecule has 132 valence electrons. The van der Waals surface area contributed by atoms with Crippen LogP contribution in [-0.2, 0) is 16.1 Å². The Hall–Kier alpha value is -3.11. The largest absolute Gasteiger partial charge is 0.465 e. The number of halogens is 1. The molecule has 6 nitrogen and oxygen atoms in total. The first kappa shape index (κ1) is 19.2. The summed E-state index contributed by atoms with van der Waals surface area (Å²) in [5, 5.41) is 14.7. The van der Waals surface area contributed by atoms with E-state index in [2.05, 4.69) is 31.3 Å². The summed E-state index contributed by atoms with van der Waals surface area (Å²) in [6, 6.07) is 15.7. The molecule has 0 fully saturated rings. The fraction of sp³-hybridized carbons (Fsp3) is 0.105. The number of nitrogens with zero attached hydrogens (tertiary/aromatic N) is 1. The Balaban J connectivity index is 1.94. The molecule has 0 aromatic heterocycles. The van der Waals surface area contributed by atoms with Crippen LogP contribution >= 0.6 is 15.9 Å². The molecule has 0 radical (unpaired) electrons. The summed E-state index contributed by atoms with van der Waals surface area (Å²) in [7, 11) is 1.32. The maximum absolute atomic E-state index is 12.1. The predicted octanol–water partition coefficient (Wildman–Crippen LogP) is 3.37. The van der Waals surface area contributed by atoms with Crippen LogP contribution in [0.2, 0.25) is 0 Å². The standard InChI is InChI=1S/C19H16BrN3O3/c1-26-19(25)14-4-2-13(3-5-14)11-22-12-15(10-21)18(24)23-17-8-6-16(20)7-9-17/h2-9,12,22H,11H2,1H3,(H,23,24)/b15-12-. The van der Waals surface area contributed by atoms with E-state index in [1.807, 2.05) is 6.07 Å². The second-order valence-electron chi connectivity index (χ2n) is 5.20. The first-order valence-corrected chi connectivity index (χ1v) is 8.40. The summed E-state index contributed by atoms with van der Waals surface area (Å²) >= 11 is 3.31. The third-order valence-electron chi connectivity index (χ3n) is 3.39. The Morgan fingerprint density at radius 2 is 1.81 bits per heavy atom. The zero-order valence-electron chi connectivity index (χ0n) is 14.0. The van der Waals surface area contributed by atoms with Crippen LogP contribution in [0.5, 0.6) is 0 Å². The first-order valence-electron chi connectivity index (χ1n) is 7.61. The van der Waals surface area contributed by atoms with Crippen molar-refractivity contribution in [1.29, 1.82) is 5.26 Å². The lowest BCUT2D eigenvalue weighted by atomic mass is 10.1. The van der Waals surface area contributed by atoms with Gasteiger partial charge in [-0.25, -0.2) is 4.79 Å². The van der Waals surface area contributed by atoms with Crippen molar-refractivity contribution in [3.8, 4) is 6.07 Å². The fourth-order valence-electron chi connectivity index (χ4n) is 2.03. The number of ether oxygens (including phenoxy) is 1. The van der Waals surface area contributed by atoms with Crippen LogP contribution in [0.4, 0.5) is 5.69 Å². The molecule has 2 rings (SSSR count). The molecule has 2 aromatic rings. The van der Waals surface area contributed by atoms with E-state index in [4.69, 9.17) is 5.26 Å². The van der Waals surface area contributed by atoms with E-state index >= 15 is 0 Å². The van der Waals surface area contributed by atoms with Gasteiger partial charge < -0.3 is 15.4 Å². The highest BCUT2D eigenvalue weighted by atomic mass is 79.9. The number of hydrogen-bond acceptors (Lipinski definition) is 5. The molecule has 2 N–H and O–H groups in total. The van der Waals surface area contributed by atoms with Gasteiger partial charge >= 0.3 is 5.97 Å². The van der Waals surface area contributed by atoms with E-state index in [9.17, 15) is 9.59 Å². The van der Waals surface area contributed by atoms with Gasteiger partial charge in [0.2, 0.25) is 0 Å². The number of esters is 1. The number of carbonyl (C=O) groups excluding carboxylic acids is 2. The SMILES string of the molecule is COC(=O)c1ccc(CN/C=C(/C#N)C(=O)Nc2ccc(Br)cc2)cc1. The highest BCUT2D eigenvalue weighted by Crippen LogP contribution is 2.14. The normalized spacial score (nSPS) is 10.6. The number of carbonyl (C=O) groups is 2.